The Labute approximate surface area is 57.9 Å². The molecular weight excluding hydrogens is 136 g/mol. The Bertz CT molecular complexity index is 181. The maximum atomic E-state index is 10.8. The first-order chi connectivity index (χ1) is 4.02. The van der Waals surface area contributed by atoms with Crippen LogP contribution in [-0.4, -0.2) is 15.8 Å². The van der Waals surface area contributed by atoms with Crippen LogP contribution in [0.15, 0.2) is 11.0 Å². The summed E-state index contributed by atoms with van der Waals surface area (Å²) in [6, 6.07) is 0. The van der Waals surface area contributed by atoms with E-state index in [-0.39, 0.29) is 5.78 Å². The molecule has 50 valence electrons. The van der Waals surface area contributed by atoms with Gasteiger partial charge in [-0.25, -0.2) is 0 Å². The zero-order chi connectivity index (χ0) is 7.07. The van der Waals surface area contributed by atoms with Gasteiger partial charge in [0.25, 0.3) is 0 Å². The topological polar surface area (TPSA) is 37.3 Å². The fourth-order valence-corrected chi connectivity index (χ4v) is 1.66. The predicted octanol–water partition coefficient (Wildman–Crippen LogP) is 0.915. The van der Waals surface area contributed by atoms with Gasteiger partial charge in [0.2, 0.25) is 0 Å². The van der Waals surface area contributed by atoms with Gasteiger partial charge >= 0.3 is 0 Å². The second kappa shape index (κ2) is 1.85. The normalized spacial score (nSPS) is 35.0. The van der Waals surface area contributed by atoms with Crippen LogP contribution in [0.25, 0.3) is 0 Å². The summed E-state index contributed by atoms with van der Waals surface area (Å²) in [6.07, 6.45) is 1.46. The zero-order valence-corrected chi connectivity index (χ0v) is 6.16. The average molecular weight is 144 g/mol. The van der Waals surface area contributed by atoms with Crippen molar-refractivity contribution in [1.82, 2.24) is 0 Å². The number of aliphatic hydroxyl groups is 1. The lowest BCUT2D eigenvalue weighted by molar-refractivity contribution is -0.123. The first kappa shape index (κ1) is 6.83. The second-order valence-electron chi connectivity index (χ2n) is 2.20. The molecular formula is C6H8O2S. The molecule has 0 amide bonds. The molecule has 2 nitrogen and oxygen atoms in total. The Kier molecular flexibility index (Phi) is 1.41. The molecule has 9 heavy (non-hydrogen) atoms. The van der Waals surface area contributed by atoms with E-state index in [4.69, 9.17) is 0 Å². The minimum atomic E-state index is -1.19. The first-order valence-corrected chi connectivity index (χ1v) is 3.48. The van der Waals surface area contributed by atoms with E-state index in [9.17, 15) is 9.90 Å². The van der Waals surface area contributed by atoms with Crippen molar-refractivity contribution < 1.29 is 9.90 Å². The molecule has 0 aromatic heterocycles. The fraction of sp³-hybridized carbons (Fsp3) is 0.500. The van der Waals surface area contributed by atoms with E-state index in [2.05, 4.69) is 0 Å². The van der Waals surface area contributed by atoms with E-state index >= 15 is 0 Å². The molecule has 0 aliphatic carbocycles. The molecule has 0 aromatic rings. The van der Waals surface area contributed by atoms with Gasteiger partial charge in [-0.05, 0) is 24.8 Å². The Morgan fingerprint density at radius 3 is 2.44 bits per heavy atom. The molecule has 1 atom stereocenters. The highest BCUT2D eigenvalue weighted by atomic mass is 32.2. The highest BCUT2D eigenvalue weighted by Crippen LogP contribution is 2.36. The number of thioether (sulfide) groups is 1. The molecule has 1 N–H and O–H groups in total. The third-order valence-electron chi connectivity index (χ3n) is 1.15. The van der Waals surface area contributed by atoms with Crippen molar-refractivity contribution in [3.05, 3.63) is 11.0 Å². The van der Waals surface area contributed by atoms with E-state index in [0.29, 0.717) is 0 Å². The van der Waals surface area contributed by atoms with E-state index < -0.39 is 4.93 Å². The van der Waals surface area contributed by atoms with Crippen LogP contribution < -0.4 is 0 Å². The molecule has 0 saturated heterocycles. The minimum Gasteiger partial charge on any atom is -0.372 e. The van der Waals surface area contributed by atoms with Crippen molar-refractivity contribution in [1.29, 1.82) is 0 Å². The summed E-state index contributed by atoms with van der Waals surface area (Å²) in [6.45, 7) is 3.32. The summed E-state index contributed by atoms with van der Waals surface area (Å²) >= 11 is 1.20. The Hall–Kier alpha value is -0.280. The Morgan fingerprint density at radius 2 is 2.33 bits per heavy atom. The summed E-state index contributed by atoms with van der Waals surface area (Å²) in [4.78, 5) is 10.4. The minimum absolute atomic E-state index is 0.204. The van der Waals surface area contributed by atoms with Crippen LogP contribution in [0, 0.1) is 0 Å². The van der Waals surface area contributed by atoms with Crippen LogP contribution in [0.1, 0.15) is 13.8 Å². The molecule has 1 unspecified atom stereocenters. The fourth-order valence-electron chi connectivity index (χ4n) is 0.712. The molecule has 1 rings (SSSR count). The molecule has 1 aliphatic rings. The maximum Gasteiger partial charge on any atom is 0.198 e. The highest BCUT2D eigenvalue weighted by molar-refractivity contribution is 8.05. The lowest BCUT2D eigenvalue weighted by Crippen LogP contribution is -2.25. The van der Waals surface area contributed by atoms with Crippen LogP contribution in [0.3, 0.4) is 0 Å². The molecule has 0 fully saturated rings. The van der Waals surface area contributed by atoms with Crippen LogP contribution in [0.5, 0.6) is 0 Å². The molecule has 1 heterocycles. The predicted molar refractivity (Wildman–Crippen MR) is 37.0 cm³/mol. The van der Waals surface area contributed by atoms with E-state index in [1.54, 1.807) is 0 Å². The lowest BCUT2D eigenvalue weighted by atomic mass is 10.2. The van der Waals surface area contributed by atoms with Gasteiger partial charge in [0, 0.05) is 0 Å². The summed E-state index contributed by atoms with van der Waals surface area (Å²) in [5.41, 5.74) is 0. The van der Waals surface area contributed by atoms with Crippen molar-refractivity contribution >= 4 is 17.5 Å². The molecule has 0 radical (unpaired) electrons. The van der Waals surface area contributed by atoms with Crippen LogP contribution in [-0.2, 0) is 4.79 Å². The lowest BCUT2D eigenvalue weighted by Gasteiger charge is -2.11. The quantitative estimate of drug-likeness (QED) is 0.549. The van der Waals surface area contributed by atoms with Crippen molar-refractivity contribution in [3.63, 3.8) is 0 Å². The Morgan fingerprint density at radius 1 is 1.78 bits per heavy atom. The van der Waals surface area contributed by atoms with Gasteiger partial charge in [0.1, 0.15) is 0 Å². The third-order valence-corrected chi connectivity index (χ3v) is 2.19. The molecule has 0 spiro atoms. The number of allylic oxidation sites excluding steroid dienone is 1. The van der Waals surface area contributed by atoms with Gasteiger partial charge in [0.15, 0.2) is 10.7 Å². The van der Waals surface area contributed by atoms with Crippen LogP contribution >= 0.6 is 11.8 Å². The number of hydrogen-bond acceptors (Lipinski definition) is 3. The van der Waals surface area contributed by atoms with Gasteiger partial charge in [-0.15, -0.1) is 0 Å². The smallest absolute Gasteiger partial charge is 0.198 e. The molecule has 0 aromatic carbocycles. The summed E-state index contributed by atoms with van der Waals surface area (Å²) in [7, 11) is 0. The highest BCUT2D eigenvalue weighted by Gasteiger charge is 2.34. The number of ketones is 1. The van der Waals surface area contributed by atoms with Gasteiger partial charge in [-0.2, -0.15) is 0 Å². The van der Waals surface area contributed by atoms with E-state index in [1.807, 2.05) is 6.92 Å². The standard InChI is InChI=1S/C6H8O2S/c1-4-3-5(7)6(2,8)9-4/h3,8H,1-2H3. The van der Waals surface area contributed by atoms with Crippen molar-refractivity contribution in [2.45, 2.75) is 18.8 Å². The maximum absolute atomic E-state index is 10.8. The molecule has 3 heteroatoms. The van der Waals surface area contributed by atoms with Gasteiger partial charge < -0.3 is 5.11 Å². The SMILES string of the molecule is CC1=CC(=O)C(C)(O)S1. The third kappa shape index (κ3) is 1.17. The number of rotatable bonds is 0. The van der Waals surface area contributed by atoms with Crippen molar-refractivity contribution in [2.24, 2.45) is 0 Å². The summed E-state index contributed by atoms with van der Waals surface area (Å²) in [5, 5.41) is 9.19. The van der Waals surface area contributed by atoms with E-state index in [1.165, 1.54) is 24.8 Å². The molecule has 0 saturated carbocycles. The van der Waals surface area contributed by atoms with E-state index in [0.717, 1.165) is 4.91 Å². The zero-order valence-electron chi connectivity index (χ0n) is 5.34. The van der Waals surface area contributed by atoms with Crippen molar-refractivity contribution in [3.8, 4) is 0 Å². The van der Waals surface area contributed by atoms with Gasteiger partial charge in [0.05, 0.1) is 0 Å². The van der Waals surface area contributed by atoms with Crippen LogP contribution in [0.4, 0.5) is 0 Å². The van der Waals surface area contributed by atoms with Crippen molar-refractivity contribution in [2.75, 3.05) is 0 Å². The average Bonchev–Trinajstić information content (AvgIpc) is 1.79. The number of carbonyl (C=O) groups excluding carboxylic acids is 1. The summed E-state index contributed by atoms with van der Waals surface area (Å²) < 4.78 is 0. The monoisotopic (exact) mass is 144 g/mol. The summed E-state index contributed by atoms with van der Waals surface area (Å²) in [5.74, 6) is -0.204. The molecule has 0 bridgehead atoms. The number of carbonyl (C=O) groups is 1. The number of hydrogen-bond donors (Lipinski definition) is 1. The van der Waals surface area contributed by atoms with Crippen LogP contribution in [0.2, 0.25) is 0 Å². The molecule has 1 aliphatic heterocycles. The van der Waals surface area contributed by atoms with Gasteiger partial charge in [-0.1, -0.05) is 11.8 Å². The second-order valence-corrected chi connectivity index (χ2v) is 3.85. The Balaban J connectivity index is 2.84. The first-order valence-electron chi connectivity index (χ1n) is 2.66. The van der Waals surface area contributed by atoms with Gasteiger partial charge in [-0.3, -0.25) is 4.79 Å². The largest absolute Gasteiger partial charge is 0.372 e.